The van der Waals surface area contributed by atoms with Crippen LogP contribution in [0.5, 0.6) is 0 Å². The smallest absolute Gasteiger partial charge is 0.338 e. The lowest BCUT2D eigenvalue weighted by atomic mass is 9.91. The Kier molecular flexibility index (Phi) is 8.81. The van der Waals surface area contributed by atoms with Crippen LogP contribution in [0.4, 0.5) is 21.0 Å². The molecule has 0 aliphatic carbocycles. The van der Waals surface area contributed by atoms with Gasteiger partial charge in [-0.05, 0) is 64.7 Å². The number of rotatable bonds is 8. The number of amides is 4. The van der Waals surface area contributed by atoms with Gasteiger partial charge in [0, 0.05) is 16.7 Å². The van der Waals surface area contributed by atoms with Gasteiger partial charge in [0.1, 0.15) is 0 Å². The molecular weight excluding hydrogens is 548 g/mol. The Bertz CT molecular complexity index is 1340. The second kappa shape index (κ2) is 12.4. The number of benzene rings is 3. The maximum absolute atomic E-state index is 13.3. The fraction of sp³-hybridized carbons (Fsp3) is 0.207. The molecule has 38 heavy (non-hydrogen) atoms. The van der Waals surface area contributed by atoms with E-state index >= 15 is 0 Å². The molecule has 4 amide bonds. The predicted molar refractivity (Wildman–Crippen MR) is 151 cm³/mol. The average molecular weight is 577 g/mol. The summed E-state index contributed by atoms with van der Waals surface area (Å²) in [5.41, 5.74) is 3.53. The minimum atomic E-state index is -0.729. The zero-order valence-corrected chi connectivity index (χ0v) is 22.7. The SMILES string of the molecule is CCCN1C(=O)NC(c2ccc(NC(=O)Nc3ccccc3Br)cc2)C(C(=O)OCC)=C1c1ccccc1. The minimum Gasteiger partial charge on any atom is -0.463 e. The molecule has 196 valence electrons. The van der Waals surface area contributed by atoms with Crippen molar-refractivity contribution >= 4 is 51.0 Å². The average Bonchev–Trinajstić information content (AvgIpc) is 2.92. The first-order valence-corrected chi connectivity index (χ1v) is 13.2. The number of hydrogen-bond donors (Lipinski definition) is 3. The van der Waals surface area contributed by atoms with Gasteiger partial charge in [0.05, 0.1) is 29.6 Å². The summed E-state index contributed by atoms with van der Waals surface area (Å²) in [6, 6.07) is 22.3. The number of esters is 1. The van der Waals surface area contributed by atoms with Crippen LogP contribution in [-0.4, -0.2) is 36.1 Å². The van der Waals surface area contributed by atoms with E-state index in [1.807, 2.05) is 55.5 Å². The topological polar surface area (TPSA) is 99.8 Å². The van der Waals surface area contributed by atoms with Gasteiger partial charge in [-0.15, -0.1) is 0 Å². The molecule has 4 rings (SSSR count). The van der Waals surface area contributed by atoms with Gasteiger partial charge >= 0.3 is 18.0 Å². The van der Waals surface area contributed by atoms with Crippen LogP contribution in [0.1, 0.15) is 37.4 Å². The molecule has 0 bridgehead atoms. The Balaban J connectivity index is 1.67. The van der Waals surface area contributed by atoms with Crippen LogP contribution >= 0.6 is 15.9 Å². The van der Waals surface area contributed by atoms with E-state index in [9.17, 15) is 14.4 Å². The number of para-hydroxylation sites is 1. The molecule has 1 aliphatic rings. The van der Waals surface area contributed by atoms with Gasteiger partial charge in [-0.2, -0.15) is 0 Å². The number of carbonyl (C=O) groups excluding carboxylic acids is 3. The van der Waals surface area contributed by atoms with Crippen molar-refractivity contribution < 1.29 is 19.1 Å². The van der Waals surface area contributed by atoms with Crippen LogP contribution in [-0.2, 0) is 9.53 Å². The molecule has 8 nitrogen and oxygen atoms in total. The summed E-state index contributed by atoms with van der Waals surface area (Å²) in [6.07, 6.45) is 0.715. The van der Waals surface area contributed by atoms with E-state index in [2.05, 4.69) is 31.9 Å². The fourth-order valence-electron chi connectivity index (χ4n) is 4.28. The van der Waals surface area contributed by atoms with Crippen LogP contribution in [0.3, 0.4) is 0 Å². The van der Waals surface area contributed by atoms with E-state index in [1.165, 1.54) is 0 Å². The highest BCUT2D eigenvalue weighted by Crippen LogP contribution is 2.37. The number of ether oxygens (including phenoxy) is 1. The Hall–Kier alpha value is -4.11. The molecule has 1 aliphatic heterocycles. The quantitative estimate of drug-likeness (QED) is 0.265. The van der Waals surface area contributed by atoms with Crippen LogP contribution < -0.4 is 16.0 Å². The van der Waals surface area contributed by atoms with Crippen LogP contribution in [0.2, 0.25) is 0 Å². The van der Waals surface area contributed by atoms with Crippen molar-refractivity contribution in [2.45, 2.75) is 26.3 Å². The van der Waals surface area contributed by atoms with Gasteiger partial charge in [0.15, 0.2) is 0 Å². The number of hydrogen-bond acceptors (Lipinski definition) is 4. The predicted octanol–water partition coefficient (Wildman–Crippen LogP) is 6.54. The maximum Gasteiger partial charge on any atom is 0.338 e. The second-order valence-corrected chi connectivity index (χ2v) is 9.42. The zero-order valence-electron chi connectivity index (χ0n) is 21.2. The summed E-state index contributed by atoms with van der Waals surface area (Å²) >= 11 is 3.41. The van der Waals surface area contributed by atoms with Crippen LogP contribution in [0.15, 0.2) is 88.9 Å². The molecule has 3 aromatic carbocycles. The van der Waals surface area contributed by atoms with E-state index in [4.69, 9.17) is 4.74 Å². The molecule has 0 fully saturated rings. The Labute approximate surface area is 230 Å². The highest BCUT2D eigenvalue weighted by Gasteiger charge is 2.38. The number of nitrogens with zero attached hydrogens (tertiary/aromatic N) is 1. The van der Waals surface area contributed by atoms with Crippen molar-refractivity contribution in [3.63, 3.8) is 0 Å². The molecule has 1 unspecified atom stereocenters. The minimum absolute atomic E-state index is 0.203. The van der Waals surface area contributed by atoms with Crippen molar-refractivity contribution in [1.29, 1.82) is 0 Å². The molecule has 1 atom stereocenters. The first kappa shape index (κ1) is 26.9. The molecule has 0 radical (unpaired) electrons. The highest BCUT2D eigenvalue weighted by molar-refractivity contribution is 9.10. The normalized spacial score (nSPS) is 15.1. The third-order valence-corrected chi connectivity index (χ3v) is 6.63. The van der Waals surface area contributed by atoms with Crippen molar-refractivity contribution in [2.24, 2.45) is 0 Å². The van der Waals surface area contributed by atoms with E-state index in [0.717, 1.165) is 10.0 Å². The van der Waals surface area contributed by atoms with E-state index in [1.54, 1.807) is 42.2 Å². The van der Waals surface area contributed by atoms with Crippen molar-refractivity contribution in [2.75, 3.05) is 23.8 Å². The van der Waals surface area contributed by atoms with Crippen LogP contribution in [0, 0.1) is 0 Å². The van der Waals surface area contributed by atoms with Crippen molar-refractivity contribution in [3.8, 4) is 0 Å². The van der Waals surface area contributed by atoms with E-state index in [0.29, 0.717) is 41.2 Å². The first-order chi connectivity index (χ1) is 18.4. The number of urea groups is 2. The first-order valence-electron chi connectivity index (χ1n) is 12.4. The zero-order chi connectivity index (χ0) is 27.1. The summed E-state index contributed by atoms with van der Waals surface area (Å²) in [6.45, 7) is 4.38. The standard InChI is InChI=1S/C29H29BrN4O4/c1-3-18-34-26(20-10-6-5-7-11-20)24(27(35)38-4-2)25(33-29(34)37)19-14-16-21(17-15-19)31-28(36)32-23-13-9-8-12-22(23)30/h5-17,25H,3-4,18H2,1-2H3,(H,33,37)(H2,31,32,36). The van der Waals surface area contributed by atoms with Gasteiger partial charge < -0.3 is 20.7 Å². The van der Waals surface area contributed by atoms with E-state index < -0.39 is 18.0 Å². The molecular formula is C29H29BrN4O4. The van der Waals surface area contributed by atoms with Crippen molar-refractivity contribution in [1.82, 2.24) is 10.2 Å². The third-order valence-electron chi connectivity index (χ3n) is 5.94. The third kappa shape index (κ3) is 6.06. The molecule has 0 spiro atoms. The molecule has 9 heteroatoms. The molecule has 0 saturated carbocycles. The summed E-state index contributed by atoms with van der Waals surface area (Å²) in [4.78, 5) is 40.7. The monoisotopic (exact) mass is 576 g/mol. The van der Waals surface area contributed by atoms with Gasteiger partial charge in [-0.1, -0.05) is 61.5 Å². The fourth-order valence-corrected chi connectivity index (χ4v) is 4.66. The highest BCUT2D eigenvalue weighted by atomic mass is 79.9. The lowest BCUT2D eigenvalue weighted by molar-refractivity contribution is -0.138. The molecule has 0 saturated heterocycles. The molecule has 0 aromatic heterocycles. The summed E-state index contributed by atoms with van der Waals surface area (Å²) in [5.74, 6) is -0.493. The summed E-state index contributed by atoms with van der Waals surface area (Å²) < 4.78 is 6.21. The second-order valence-electron chi connectivity index (χ2n) is 8.56. The van der Waals surface area contributed by atoms with Gasteiger partial charge in [-0.25, -0.2) is 14.4 Å². The number of anilines is 2. The Morgan fingerprint density at radius 3 is 2.29 bits per heavy atom. The van der Waals surface area contributed by atoms with E-state index in [-0.39, 0.29) is 12.6 Å². The maximum atomic E-state index is 13.3. The Morgan fingerprint density at radius 1 is 0.947 bits per heavy atom. The number of halogens is 1. The number of carbonyl (C=O) groups is 3. The molecule has 3 N–H and O–H groups in total. The Morgan fingerprint density at radius 2 is 1.63 bits per heavy atom. The number of nitrogens with one attached hydrogen (secondary N) is 3. The van der Waals surface area contributed by atoms with Gasteiger partial charge in [0.25, 0.3) is 0 Å². The summed E-state index contributed by atoms with van der Waals surface area (Å²) in [5, 5.41) is 8.57. The van der Waals surface area contributed by atoms with Crippen LogP contribution in [0.25, 0.3) is 5.70 Å². The van der Waals surface area contributed by atoms with Crippen molar-refractivity contribution in [3.05, 3.63) is 100 Å². The summed E-state index contributed by atoms with van der Waals surface area (Å²) in [7, 11) is 0. The lowest BCUT2D eigenvalue weighted by Crippen LogP contribution is -2.48. The van der Waals surface area contributed by atoms with Gasteiger partial charge in [-0.3, -0.25) is 4.90 Å². The molecule has 1 heterocycles. The van der Waals surface area contributed by atoms with Gasteiger partial charge in [0.2, 0.25) is 0 Å². The largest absolute Gasteiger partial charge is 0.463 e. The lowest BCUT2D eigenvalue weighted by Gasteiger charge is -2.36. The molecule has 3 aromatic rings.